The third-order valence-electron chi connectivity index (χ3n) is 5.09. The van der Waals surface area contributed by atoms with E-state index in [1.807, 2.05) is 72.9 Å². The molecule has 0 unspecified atom stereocenters. The Morgan fingerprint density at radius 3 is 2.29 bits per heavy atom. The van der Waals surface area contributed by atoms with Crippen molar-refractivity contribution in [2.75, 3.05) is 6.61 Å². The Morgan fingerprint density at radius 2 is 1.58 bits per heavy atom. The smallest absolute Gasteiger partial charge is 0.249 e. The fourth-order valence-corrected chi connectivity index (χ4v) is 3.47. The van der Waals surface area contributed by atoms with Crippen molar-refractivity contribution < 1.29 is 13.9 Å². The molecule has 5 heteroatoms. The van der Waals surface area contributed by atoms with Crippen LogP contribution in [0.2, 0.25) is 0 Å². The number of benzene rings is 2. The SMILES string of the molecule is O=C(COCc1ccccc1)N(Cc1ccco1)Cc1cccn1Cc1ccccc1. The van der Waals surface area contributed by atoms with E-state index in [0.717, 1.165) is 23.6 Å². The van der Waals surface area contributed by atoms with Crippen LogP contribution in [0, 0.1) is 0 Å². The number of carbonyl (C=O) groups excluding carboxylic acids is 1. The zero-order valence-electron chi connectivity index (χ0n) is 17.4. The summed E-state index contributed by atoms with van der Waals surface area (Å²) in [5, 5.41) is 0. The normalized spacial score (nSPS) is 10.8. The molecule has 0 bridgehead atoms. The fourth-order valence-electron chi connectivity index (χ4n) is 3.47. The second-order valence-electron chi connectivity index (χ2n) is 7.42. The minimum absolute atomic E-state index is 0.0228. The second kappa shape index (κ2) is 10.5. The largest absolute Gasteiger partial charge is 0.467 e. The maximum atomic E-state index is 13.0. The van der Waals surface area contributed by atoms with Gasteiger partial charge in [-0.05, 0) is 35.4 Å². The van der Waals surface area contributed by atoms with Crippen molar-refractivity contribution in [2.45, 2.75) is 26.2 Å². The lowest BCUT2D eigenvalue weighted by Crippen LogP contribution is -2.33. The first-order valence-electron chi connectivity index (χ1n) is 10.4. The lowest BCUT2D eigenvalue weighted by molar-refractivity contribution is -0.138. The van der Waals surface area contributed by atoms with Gasteiger partial charge in [0.05, 0.1) is 26.0 Å². The van der Waals surface area contributed by atoms with Crippen LogP contribution in [0.25, 0.3) is 0 Å². The molecule has 0 spiro atoms. The van der Waals surface area contributed by atoms with Gasteiger partial charge in [-0.15, -0.1) is 0 Å². The van der Waals surface area contributed by atoms with Crippen LogP contribution in [0.1, 0.15) is 22.6 Å². The predicted octanol–water partition coefficient (Wildman–Crippen LogP) is 4.88. The molecule has 5 nitrogen and oxygen atoms in total. The molecule has 0 aliphatic carbocycles. The number of nitrogens with zero attached hydrogens (tertiary/aromatic N) is 2. The van der Waals surface area contributed by atoms with Crippen LogP contribution in [-0.2, 0) is 35.8 Å². The molecule has 158 valence electrons. The van der Waals surface area contributed by atoms with Crippen LogP contribution < -0.4 is 0 Å². The summed E-state index contributed by atoms with van der Waals surface area (Å²) >= 11 is 0. The summed E-state index contributed by atoms with van der Waals surface area (Å²) in [6, 6.07) is 27.9. The molecular formula is C26H26N2O3. The van der Waals surface area contributed by atoms with Crippen molar-refractivity contribution in [3.05, 3.63) is 120 Å². The minimum Gasteiger partial charge on any atom is -0.467 e. The highest BCUT2D eigenvalue weighted by Gasteiger charge is 2.18. The number of rotatable bonds is 10. The molecule has 2 aromatic carbocycles. The standard InChI is InChI=1S/C26H26N2O3/c29-26(21-30-20-23-11-5-2-6-12-23)28(19-25-14-8-16-31-25)18-24-13-7-15-27(24)17-22-9-3-1-4-10-22/h1-16H,17-21H2. The lowest BCUT2D eigenvalue weighted by Gasteiger charge is -2.23. The Labute approximate surface area is 182 Å². The van der Waals surface area contributed by atoms with Crippen LogP contribution in [0.5, 0.6) is 0 Å². The van der Waals surface area contributed by atoms with Crippen molar-refractivity contribution in [2.24, 2.45) is 0 Å². The number of carbonyl (C=O) groups is 1. The number of hydrogen-bond acceptors (Lipinski definition) is 3. The molecule has 4 aromatic rings. The zero-order valence-corrected chi connectivity index (χ0v) is 17.4. The van der Waals surface area contributed by atoms with Gasteiger partial charge in [-0.3, -0.25) is 4.79 Å². The third-order valence-corrected chi connectivity index (χ3v) is 5.09. The first-order chi connectivity index (χ1) is 15.3. The molecule has 0 radical (unpaired) electrons. The van der Waals surface area contributed by atoms with Gasteiger partial charge in [-0.1, -0.05) is 60.7 Å². The van der Waals surface area contributed by atoms with Crippen molar-refractivity contribution in [3.8, 4) is 0 Å². The first-order valence-corrected chi connectivity index (χ1v) is 10.4. The van der Waals surface area contributed by atoms with E-state index in [1.54, 1.807) is 11.2 Å². The summed E-state index contributed by atoms with van der Waals surface area (Å²) in [5.74, 6) is 0.678. The minimum atomic E-state index is -0.0696. The van der Waals surface area contributed by atoms with Gasteiger partial charge in [0.25, 0.3) is 0 Å². The fraction of sp³-hybridized carbons (Fsp3) is 0.192. The number of ether oxygens (including phenoxy) is 1. The van der Waals surface area contributed by atoms with Gasteiger partial charge >= 0.3 is 0 Å². The van der Waals surface area contributed by atoms with Crippen molar-refractivity contribution in [1.29, 1.82) is 0 Å². The molecule has 4 rings (SSSR count). The molecule has 0 fully saturated rings. The van der Waals surface area contributed by atoms with E-state index in [2.05, 4.69) is 22.8 Å². The Bertz CT molecular complexity index is 1060. The average molecular weight is 415 g/mol. The Morgan fingerprint density at radius 1 is 0.839 bits per heavy atom. The molecule has 0 N–H and O–H groups in total. The molecule has 0 saturated carbocycles. The van der Waals surface area contributed by atoms with Gasteiger partial charge in [-0.25, -0.2) is 0 Å². The van der Waals surface area contributed by atoms with Crippen molar-refractivity contribution in [3.63, 3.8) is 0 Å². The molecule has 2 heterocycles. The summed E-state index contributed by atoms with van der Waals surface area (Å²) in [5.41, 5.74) is 3.33. The highest BCUT2D eigenvalue weighted by Crippen LogP contribution is 2.14. The second-order valence-corrected chi connectivity index (χ2v) is 7.42. The van der Waals surface area contributed by atoms with E-state index < -0.39 is 0 Å². The summed E-state index contributed by atoms with van der Waals surface area (Å²) in [4.78, 5) is 14.8. The molecule has 1 amide bonds. The topological polar surface area (TPSA) is 47.6 Å². The van der Waals surface area contributed by atoms with Gasteiger partial charge in [0.1, 0.15) is 12.4 Å². The van der Waals surface area contributed by atoms with Crippen molar-refractivity contribution in [1.82, 2.24) is 9.47 Å². The number of furan rings is 1. The number of aromatic nitrogens is 1. The van der Waals surface area contributed by atoms with Gasteiger partial charge in [0.2, 0.25) is 5.91 Å². The molecule has 0 aliphatic heterocycles. The monoisotopic (exact) mass is 414 g/mol. The van der Waals surface area contributed by atoms with Crippen LogP contribution in [-0.4, -0.2) is 22.0 Å². The Hall–Kier alpha value is -3.57. The van der Waals surface area contributed by atoms with E-state index >= 15 is 0 Å². The average Bonchev–Trinajstić information content (AvgIpc) is 3.47. The zero-order chi connectivity index (χ0) is 21.3. The number of amides is 1. The van der Waals surface area contributed by atoms with E-state index in [0.29, 0.717) is 19.7 Å². The Balaban J connectivity index is 1.43. The summed E-state index contributed by atoms with van der Waals surface area (Å²) in [6.07, 6.45) is 3.67. The maximum absolute atomic E-state index is 13.0. The molecule has 31 heavy (non-hydrogen) atoms. The summed E-state index contributed by atoms with van der Waals surface area (Å²) < 4.78 is 13.4. The highest BCUT2D eigenvalue weighted by atomic mass is 16.5. The van der Waals surface area contributed by atoms with E-state index in [4.69, 9.17) is 9.15 Å². The van der Waals surface area contributed by atoms with E-state index in [9.17, 15) is 4.79 Å². The molecule has 0 atom stereocenters. The van der Waals surface area contributed by atoms with Crippen LogP contribution in [0.4, 0.5) is 0 Å². The quantitative estimate of drug-likeness (QED) is 0.372. The van der Waals surface area contributed by atoms with E-state index in [1.165, 1.54) is 5.56 Å². The lowest BCUT2D eigenvalue weighted by atomic mass is 10.2. The van der Waals surface area contributed by atoms with Crippen LogP contribution >= 0.6 is 0 Å². The predicted molar refractivity (Wildman–Crippen MR) is 119 cm³/mol. The van der Waals surface area contributed by atoms with E-state index in [-0.39, 0.29) is 12.5 Å². The molecule has 0 aliphatic rings. The van der Waals surface area contributed by atoms with Gasteiger partial charge in [0.15, 0.2) is 0 Å². The van der Waals surface area contributed by atoms with Gasteiger partial charge in [-0.2, -0.15) is 0 Å². The van der Waals surface area contributed by atoms with Crippen LogP contribution in [0.3, 0.4) is 0 Å². The summed E-state index contributed by atoms with van der Waals surface area (Å²) in [7, 11) is 0. The first kappa shape index (κ1) is 20.7. The highest BCUT2D eigenvalue weighted by molar-refractivity contribution is 5.77. The summed E-state index contributed by atoms with van der Waals surface area (Å²) in [6.45, 7) is 2.07. The molecular weight excluding hydrogens is 388 g/mol. The third kappa shape index (κ3) is 5.96. The maximum Gasteiger partial charge on any atom is 0.249 e. The number of hydrogen-bond donors (Lipinski definition) is 0. The Kier molecular flexibility index (Phi) is 6.98. The van der Waals surface area contributed by atoms with Gasteiger partial charge < -0.3 is 18.6 Å². The van der Waals surface area contributed by atoms with Crippen molar-refractivity contribution >= 4 is 5.91 Å². The molecule has 2 aromatic heterocycles. The van der Waals surface area contributed by atoms with Gasteiger partial charge in [0, 0.05) is 18.4 Å². The van der Waals surface area contributed by atoms with Crippen LogP contribution in [0.15, 0.2) is 102 Å². The molecule has 0 saturated heterocycles.